The molecule has 3 atom stereocenters. The lowest BCUT2D eigenvalue weighted by molar-refractivity contribution is -0.233. The summed E-state index contributed by atoms with van der Waals surface area (Å²) in [6.07, 6.45) is 8.06. The Morgan fingerprint density at radius 2 is 1.90 bits per heavy atom. The van der Waals surface area contributed by atoms with Gasteiger partial charge in [-0.1, -0.05) is 73.9 Å². The number of benzene rings is 2. The van der Waals surface area contributed by atoms with Crippen LogP contribution in [0.3, 0.4) is 0 Å². The molecule has 1 unspecified atom stereocenters. The first-order valence-corrected chi connectivity index (χ1v) is 15.6. The van der Waals surface area contributed by atoms with Gasteiger partial charge >= 0.3 is 5.97 Å². The maximum Gasteiger partial charge on any atom is 0.344 e. The van der Waals surface area contributed by atoms with E-state index in [-0.39, 0.29) is 42.8 Å². The van der Waals surface area contributed by atoms with Gasteiger partial charge in [0.05, 0.1) is 6.61 Å². The lowest BCUT2D eigenvalue weighted by atomic mass is 9.73. The molecule has 0 radical (unpaired) electrons. The largest absolute Gasteiger partial charge is 0.756 e. The first-order valence-electron chi connectivity index (χ1n) is 14.1. The van der Waals surface area contributed by atoms with E-state index in [1.54, 1.807) is 36.4 Å². The van der Waals surface area contributed by atoms with Crippen LogP contribution in [0, 0.1) is 5.92 Å². The van der Waals surface area contributed by atoms with Gasteiger partial charge in [-0.05, 0) is 81.5 Å². The Balaban J connectivity index is 1.60. The van der Waals surface area contributed by atoms with E-state index in [0.717, 1.165) is 49.7 Å². The highest BCUT2D eigenvalue weighted by Crippen LogP contribution is 2.54. The molecule has 40 heavy (non-hydrogen) atoms. The number of ether oxygens (including phenoxy) is 1. The van der Waals surface area contributed by atoms with Crippen LogP contribution in [-0.2, 0) is 31.4 Å². The van der Waals surface area contributed by atoms with E-state index in [4.69, 9.17) is 13.8 Å². The second kappa shape index (κ2) is 12.9. The predicted octanol–water partition coefficient (Wildman–Crippen LogP) is 7.28. The molecule has 2 aliphatic rings. The number of carbonyl (C=O) groups is 1. The quantitative estimate of drug-likeness (QED) is 0.0891. The highest BCUT2D eigenvalue weighted by atomic mass is 31.2. The zero-order valence-electron chi connectivity index (χ0n) is 23.7. The Morgan fingerprint density at radius 3 is 2.55 bits per heavy atom. The van der Waals surface area contributed by atoms with Crippen molar-refractivity contribution in [3.8, 4) is 11.5 Å². The van der Waals surface area contributed by atoms with Crippen LogP contribution >= 0.6 is 7.82 Å². The van der Waals surface area contributed by atoms with E-state index in [1.165, 1.54) is 5.57 Å². The van der Waals surface area contributed by atoms with Crippen molar-refractivity contribution in [3.05, 3.63) is 83.0 Å². The third kappa shape index (κ3) is 7.52. The molecule has 0 amide bonds. The summed E-state index contributed by atoms with van der Waals surface area (Å²) >= 11 is 0. The minimum Gasteiger partial charge on any atom is -0.756 e. The Kier molecular flexibility index (Phi) is 9.73. The van der Waals surface area contributed by atoms with Crippen LogP contribution in [0.1, 0.15) is 88.3 Å². The normalized spacial score (nSPS) is 21.2. The van der Waals surface area contributed by atoms with Crippen molar-refractivity contribution in [2.75, 3.05) is 0 Å². The molecule has 0 heterocycles. The Morgan fingerprint density at radius 1 is 1.18 bits per heavy atom. The number of phenolic OH excluding ortho intramolecular Hbond substituents is 1. The van der Waals surface area contributed by atoms with Crippen LogP contribution < -0.4 is 9.63 Å². The molecule has 2 aliphatic carbocycles. The lowest BCUT2D eigenvalue weighted by Gasteiger charge is -2.32. The van der Waals surface area contributed by atoms with Gasteiger partial charge in [-0.25, -0.2) is 4.79 Å². The predicted molar refractivity (Wildman–Crippen MR) is 153 cm³/mol. The molecule has 1 fully saturated rings. The lowest BCUT2D eigenvalue weighted by Crippen LogP contribution is -2.32. The number of phosphoric acid groups is 1. The molecule has 2 aromatic carbocycles. The Hall–Kier alpha value is -2.70. The second-order valence-corrected chi connectivity index (χ2v) is 12.5. The van der Waals surface area contributed by atoms with Crippen molar-refractivity contribution in [1.29, 1.82) is 0 Å². The van der Waals surface area contributed by atoms with Crippen LogP contribution in [0.5, 0.6) is 11.5 Å². The molecule has 7 nitrogen and oxygen atoms in total. The van der Waals surface area contributed by atoms with Gasteiger partial charge in [0.25, 0.3) is 7.82 Å². The molecule has 0 bridgehead atoms. The molecule has 2 aromatic rings. The number of aromatic hydroxyl groups is 1. The molecule has 8 heteroatoms. The third-order valence-corrected chi connectivity index (χ3v) is 8.78. The number of carbonyl (C=O) groups excluding carboxylic acids is 1. The van der Waals surface area contributed by atoms with Gasteiger partial charge in [0.1, 0.15) is 11.5 Å². The first-order chi connectivity index (χ1) is 19.0. The van der Waals surface area contributed by atoms with Crippen LogP contribution in [0.25, 0.3) is 0 Å². The number of rotatable bonds is 13. The average Bonchev–Trinajstić information content (AvgIpc) is 3.68. The van der Waals surface area contributed by atoms with Gasteiger partial charge < -0.3 is 19.3 Å². The smallest absolute Gasteiger partial charge is 0.344 e. The summed E-state index contributed by atoms with van der Waals surface area (Å²) in [5, 5.41) is 11.3. The van der Waals surface area contributed by atoms with Crippen molar-refractivity contribution >= 4 is 13.8 Å². The minimum atomic E-state index is -4.80. The van der Waals surface area contributed by atoms with Crippen LogP contribution in [0.15, 0.2) is 66.3 Å². The van der Waals surface area contributed by atoms with E-state index in [1.807, 2.05) is 13.0 Å². The Labute approximate surface area is 237 Å². The number of phenols is 1. The standard InChI is InChI=1S/C32H41O7P/c1-5-6-8-13-25-19-28(33)30(27-18-23(4)14-15-26(27)22(2)3)29(20-25)38-31(34)32(16-17-32)39-40(35,36)37-21-24-11-9-7-10-12-24/h7,9-12,18-20,26-27,33H,2,5-6,8,13-17,21H2,1,3-4H3,(H,35,36)/p-1/t26-,27+/m0/s1. The van der Waals surface area contributed by atoms with Gasteiger partial charge in [-0.2, -0.15) is 0 Å². The molecular weight excluding hydrogens is 527 g/mol. The zero-order valence-corrected chi connectivity index (χ0v) is 24.6. The summed E-state index contributed by atoms with van der Waals surface area (Å²) in [4.78, 5) is 26.1. The van der Waals surface area contributed by atoms with E-state index in [9.17, 15) is 19.4 Å². The summed E-state index contributed by atoms with van der Waals surface area (Å²) in [6.45, 7) is 10.1. The van der Waals surface area contributed by atoms with Crippen molar-refractivity contribution in [3.63, 3.8) is 0 Å². The number of esters is 1. The molecule has 216 valence electrons. The average molecular weight is 568 g/mol. The van der Waals surface area contributed by atoms with E-state index in [0.29, 0.717) is 11.1 Å². The van der Waals surface area contributed by atoms with Crippen molar-refractivity contribution < 1.29 is 33.1 Å². The van der Waals surface area contributed by atoms with Gasteiger partial charge in [-0.15, -0.1) is 0 Å². The van der Waals surface area contributed by atoms with E-state index >= 15 is 0 Å². The van der Waals surface area contributed by atoms with Gasteiger partial charge in [-0.3, -0.25) is 9.09 Å². The SMILES string of the molecule is C=C(C)[C@@H]1CCC(C)=C[C@H]1c1c(O)cc(CCCCC)cc1OC(=O)C1(OP(=O)([O-])OCc2ccccc2)CC1. The number of hydrogen-bond acceptors (Lipinski definition) is 7. The van der Waals surface area contributed by atoms with Crippen LogP contribution in [0.2, 0.25) is 0 Å². The molecule has 4 rings (SSSR count). The van der Waals surface area contributed by atoms with Gasteiger partial charge in [0, 0.05) is 11.5 Å². The second-order valence-electron chi connectivity index (χ2n) is 11.2. The highest BCUT2D eigenvalue weighted by Gasteiger charge is 2.56. The summed E-state index contributed by atoms with van der Waals surface area (Å²) < 4.78 is 29.0. The zero-order chi connectivity index (χ0) is 28.9. The molecule has 1 saturated carbocycles. The fourth-order valence-electron chi connectivity index (χ4n) is 5.32. The maximum absolute atomic E-state index is 13.5. The Bertz CT molecular complexity index is 1300. The van der Waals surface area contributed by atoms with Crippen LogP contribution in [0.4, 0.5) is 0 Å². The monoisotopic (exact) mass is 567 g/mol. The number of phosphoric ester groups is 1. The number of hydrogen-bond donors (Lipinski definition) is 1. The highest BCUT2D eigenvalue weighted by molar-refractivity contribution is 7.45. The van der Waals surface area contributed by atoms with E-state index < -0.39 is 19.4 Å². The molecule has 1 N–H and O–H groups in total. The molecule has 0 aromatic heterocycles. The molecule has 0 aliphatic heterocycles. The third-order valence-electron chi connectivity index (χ3n) is 7.76. The maximum atomic E-state index is 13.5. The fraction of sp³-hybridized carbons (Fsp3) is 0.469. The molecule has 0 spiro atoms. The number of aryl methyl sites for hydroxylation is 1. The van der Waals surface area contributed by atoms with Gasteiger partial charge in [0.2, 0.25) is 0 Å². The summed E-state index contributed by atoms with van der Waals surface area (Å²) in [7, 11) is -4.80. The number of unbranched alkanes of at least 4 members (excludes halogenated alkanes) is 2. The fourth-order valence-corrected chi connectivity index (χ4v) is 6.37. The first kappa shape index (κ1) is 30.3. The van der Waals surface area contributed by atoms with Gasteiger partial charge in [0.15, 0.2) is 5.60 Å². The molecular formula is C32H40O7P-. The van der Waals surface area contributed by atoms with E-state index in [2.05, 4.69) is 26.5 Å². The summed E-state index contributed by atoms with van der Waals surface area (Å²) in [5.74, 6) is -0.668. The van der Waals surface area contributed by atoms with Crippen molar-refractivity contribution in [2.45, 2.75) is 90.3 Å². The summed E-state index contributed by atoms with van der Waals surface area (Å²) in [6, 6.07) is 12.4. The summed E-state index contributed by atoms with van der Waals surface area (Å²) in [5.41, 5.74) is 2.58. The molecule has 0 saturated heterocycles. The van der Waals surface area contributed by atoms with Crippen molar-refractivity contribution in [2.24, 2.45) is 5.92 Å². The minimum absolute atomic E-state index is 0.0606. The number of allylic oxidation sites excluding steroid dienone is 3. The van der Waals surface area contributed by atoms with Crippen molar-refractivity contribution in [1.82, 2.24) is 0 Å². The van der Waals surface area contributed by atoms with Crippen LogP contribution in [-0.4, -0.2) is 16.7 Å². The topological polar surface area (TPSA) is 105 Å².